The molecule has 2 fully saturated rings. The summed E-state index contributed by atoms with van der Waals surface area (Å²) in [4.78, 5) is 13.7. The average molecular weight is 435 g/mol. The van der Waals surface area contributed by atoms with Gasteiger partial charge in [0.15, 0.2) is 5.82 Å². The van der Waals surface area contributed by atoms with Crippen molar-refractivity contribution in [3.8, 4) is 0 Å². The van der Waals surface area contributed by atoms with Crippen LogP contribution < -0.4 is 15.1 Å². The monoisotopic (exact) mass is 434 g/mol. The van der Waals surface area contributed by atoms with Crippen LogP contribution in [0.2, 0.25) is 0 Å². The highest BCUT2D eigenvalue weighted by molar-refractivity contribution is 5.53. The minimum absolute atomic E-state index is 0.261. The molecule has 168 valence electrons. The molecule has 2 aliphatic heterocycles. The summed E-state index contributed by atoms with van der Waals surface area (Å²) in [6.07, 6.45) is 11.9. The van der Waals surface area contributed by atoms with E-state index in [-0.39, 0.29) is 6.04 Å². The molecule has 0 radical (unpaired) electrons. The van der Waals surface area contributed by atoms with Crippen molar-refractivity contribution in [3.05, 3.63) is 55.1 Å². The number of nitrogens with one attached hydrogen (secondary N) is 1. The fourth-order valence-corrected chi connectivity index (χ4v) is 5.28. The largest absolute Gasteiger partial charge is 0.349 e. The Morgan fingerprint density at radius 3 is 2.56 bits per heavy atom. The van der Waals surface area contributed by atoms with Gasteiger partial charge < -0.3 is 19.6 Å². The van der Waals surface area contributed by atoms with E-state index in [1.165, 1.54) is 12.8 Å². The Hall–Kier alpha value is -3.36. The second-order valence-corrected chi connectivity index (χ2v) is 8.86. The molecule has 4 heterocycles. The Morgan fingerprint density at radius 1 is 1.12 bits per heavy atom. The quantitative estimate of drug-likeness (QED) is 0.664. The maximum absolute atomic E-state index is 5.40. The number of anilines is 3. The summed E-state index contributed by atoms with van der Waals surface area (Å²) in [5.41, 5.74) is 1.02. The molecule has 2 unspecified atom stereocenters. The fourth-order valence-electron chi connectivity index (χ4n) is 5.28. The van der Waals surface area contributed by atoms with E-state index in [1.54, 1.807) is 12.2 Å². The zero-order valence-electron chi connectivity index (χ0n) is 18.7. The summed E-state index contributed by atoms with van der Waals surface area (Å²) in [6, 6.07) is 1.25. The van der Waals surface area contributed by atoms with Crippen molar-refractivity contribution in [3.63, 3.8) is 0 Å². The number of aryl methyl sites for hydroxylation is 1. The van der Waals surface area contributed by atoms with Gasteiger partial charge in [-0.1, -0.05) is 36.5 Å². The molecule has 9 nitrogen and oxygen atoms in total. The van der Waals surface area contributed by atoms with Crippen molar-refractivity contribution in [1.29, 1.82) is 0 Å². The van der Waals surface area contributed by atoms with Crippen LogP contribution in [0.25, 0.3) is 0 Å². The summed E-state index contributed by atoms with van der Waals surface area (Å²) in [5, 5.41) is 12.4. The molecule has 2 aromatic rings. The first-order valence-corrected chi connectivity index (χ1v) is 11.2. The normalized spacial score (nSPS) is 27.2. The predicted molar refractivity (Wildman–Crippen MR) is 124 cm³/mol. The number of hydrogen-bond acceptors (Lipinski definition) is 8. The number of aromatic nitrogens is 5. The van der Waals surface area contributed by atoms with E-state index < -0.39 is 0 Å². The third-order valence-electron chi connectivity index (χ3n) is 6.63. The molecule has 1 aliphatic carbocycles. The smallest absolute Gasteiger partial charge is 0.324 e. The Balaban J connectivity index is 1.33. The number of fused-ring (bicyclic) bond motifs is 3. The summed E-state index contributed by atoms with van der Waals surface area (Å²) in [7, 11) is 0. The van der Waals surface area contributed by atoms with E-state index in [2.05, 4.69) is 45.3 Å². The molecule has 3 aliphatic rings. The molecule has 1 saturated heterocycles. The van der Waals surface area contributed by atoms with E-state index in [0.717, 1.165) is 31.3 Å². The molecule has 5 rings (SSSR count). The first-order chi connectivity index (χ1) is 15.6. The van der Waals surface area contributed by atoms with Crippen LogP contribution in [0.15, 0.2) is 53.8 Å². The average Bonchev–Trinajstić information content (AvgIpc) is 3.48. The van der Waals surface area contributed by atoms with Gasteiger partial charge in [-0.05, 0) is 50.7 Å². The number of rotatable bonds is 7. The zero-order valence-corrected chi connectivity index (χ0v) is 18.7. The van der Waals surface area contributed by atoms with Crippen LogP contribution in [-0.4, -0.2) is 50.1 Å². The van der Waals surface area contributed by atoms with E-state index in [4.69, 9.17) is 14.6 Å². The summed E-state index contributed by atoms with van der Waals surface area (Å²) in [5.74, 6) is 3.23. The lowest BCUT2D eigenvalue weighted by Crippen LogP contribution is -2.48. The Labute approximate surface area is 188 Å². The second-order valence-electron chi connectivity index (χ2n) is 8.86. The van der Waals surface area contributed by atoms with Gasteiger partial charge in [-0.3, -0.25) is 0 Å². The van der Waals surface area contributed by atoms with Crippen LogP contribution >= 0.6 is 0 Å². The van der Waals surface area contributed by atoms with E-state index in [0.29, 0.717) is 35.7 Å². The molecular formula is C23H30N8O. The number of piperidine rings is 1. The standard InChI is InChI=1S/C23H30N8O/c1-5-7-9-19(8-6-2)31-15(3)12-30-22(31)26-21(27-30)25-20-17-10-11-18(20)14-29(13-17)23-24-16(4)28-32-23/h5-9,15,17-18,20H,1-2,10-14H2,3-4H3,(H,25,27)/b9-7-,19-8+/t15?,17-,18?,20-/m0/s1. The third kappa shape index (κ3) is 3.61. The first kappa shape index (κ1) is 20.5. The number of nitrogens with zero attached hydrogens (tertiary/aromatic N) is 7. The summed E-state index contributed by atoms with van der Waals surface area (Å²) in [6.45, 7) is 14.3. The van der Waals surface area contributed by atoms with Crippen molar-refractivity contribution in [2.75, 3.05) is 28.2 Å². The molecule has 2 bridgehead atoms. The highest BCUT2D eigenvalue weighted by atomic mass is 16.5. The molecule has 0 amide bonds. The van der Waals surface area contributed by atoms with Crippen molar-refractivity contribution in [2.24, 2.45) is 11.8 Å². The van der Waals surface area contributed by atoms with Crippen LogP contribution in [0.4, 0.5) is 17.9 Å². The van der Waals surface area contributed by atoms with Gasteiger partial charge in [0.25, 0.3) is 0 Å². The maximum Gasteiger partial charge on any atom is 0.324 e. The Kier molecular flexibility index (Phi) is 5.32. The Morgan fingerprint density at radius 2 is 1.91 bits per heavy atom. The van der Waals surface area contributed by atoms with Gasteiger partial charge in [-0.25, -0.2) is 4.68 Å². The third-order valence-corrected chi connectivity index (χ3v) is 6.63. The molecule has 2 aromatic heterocycles. The summed E-state index contributed by atoms with van der Waals surface area (Å²) < 4.78 is 7.39. The van der Waals surface area contributed by atoms with Crippen LogP contribution in [0.3, 0.4) is 0 Å². The van der Waals surface area contributed by atoms with Gasteiger partial charge in [0.1, 0.15) is 0 Å². The molecular weight excluding hydrogens is 404 g/mol. The van der Waals surface area contributed by atoms with E-state index in [9.17, 15) is 0 Å². The Bertz CT molecular complexity index is 1050. The van der Waals surface area contributed by atoms with E-state index >= 15 is 0 Å². The molecule has 0 aromatic carbocycles. The molecule has 0 spiro atoms. The van der Waals surface area contributed by atoms with E-state index in [1.807, 2.05) is 29.8 Å². The first-order valence-electron chi connectivity index (χ1n) is 11.2. The minimum atomic E-state index is 0.261. The summed E-state index contributed by atoms with van der Waals surface area (Å²) >= 11 is 0. The van der Waals surface area contributed by atoms with Crippen LogP contribution in [0.5, 0.6) is 0 Å². The van der Waals surface area contributed by atoms with Crippen molar-refractivity contribution < 1.29 is 4.52 Å². The molecule has 1 N–H and O–H groups in total. The molecule has 32 heavy (non-hydrogen) atoms. The lowest BCUT2D eigenvalue weighted by atomic mass is 9.92. The van der Waals surface area contributed by atoms with Crippen molar-refractivity contribution in [2.45, 2.75) is 45.3 Å². The van der Waals surface area contributed by atoms with Gasteiger partial charge in [0, 0.05) is 24.8 Å². The topological polar surface area (TPSA) is 88.1 Å². The van der Waals surface area contributed by atoms with Crippen LogP contribution in [0, 0.1) is 18.8 Å². The predicted octanol–water partition coefficient (Wildman–Crippen LogP) is 3.32. The highest BCUT2D eigenvalue weighted by Crippen LogP contribution is 2.40. The van der Waals surface area contributed by atoms with Gasteiger partial charge in [0.05, 0.1) is 12.6 Å². The fraction of sp³-hybridized carbons (Fsp3) is 0.478. The van der Waals surface area contributed by atoms with Crippen LogP contribution in [-0.2, 0) is 6.54 Å². The van der Waals surface area contributed by atoms with Crippen molar-refractivity contribution in [1.82, 2.24) is 24.9 Å². The van der Waals surface area contributed by atoms with Crippen molar-refractivity contribution >= 4 is 17.9 Å². The molecule has 4 atom stereocenters. The SMILES string of the molecule is C=C/C=C\C(=C/C=C)N1c2nc(N[C@@H]3C4CC[C@H]3CN(c3nc(C)no3)C4)nn2CC1C. The van der Waals surface area contributed by atoms with Gasteiger partial charge in [-0.2, -0.15) is 9.97 Å². The highest BCUT2D eigenvalue weighted by Gasteiger charge is 2.44. The maximum atomic E-state index is 5.40. The second kappa shape index (κ2) is 8.29. The van der Waals surface area contributed by atoms with Gasteiger partial charge >= 0.3 is 6.01 Å². The lowest BCUT2D eigenvalue weighted by molar-refractivity contribution is 0.340. The molecule has 9 heteroatoms. The lowest BCUT2D eigenvalue weighted by Gasteiger charge is -2.37. The van der Waals surface area contributed by atoms with Gasteiger partial charge in [0.2, 0.25) is 11.9 Å². The molecule has 1 saturated carbocycles. The minimum Gasteiger partial charge on any atom is -0.349 e. The zero-order chi connectivity index (χ0) is 22.2. The van der Waals surface area contributed by atoms with Gasteiger partial charge in [-0.15, -0.1) is 5.10 Å². The number of allylic oxidation sites excluding steroid dienone is 5. The number of hydrogen-bond donors (Lipinski definition) is 1. The van der Waals surface area contributed by atoms with Crippen LogP contribution in [0.1, 0.15) is 25.6 Å².